The molecule has 3 heterocycles. The van der Waals surface area contributed by atoms with E-state index in [0.29, 0.717) is 18.8 Å². The predicted octanol–water partition coefficient (Wildman–Crippen LogP) is 1.42. The van der Waals surface area contributed by atoms with Gasteiger partial charge in [-0.2, -0.15) is 0 Å². The Hall–Kier alpha value is -1.95. The maximum absolute atomic E-state index is 12.7. The van der Waals surface area contributed by atoms with Crippen LogP contribution in [0.25, 0.3) is 0 Å². The zero-order valence-corrected chi connectivity index (χ0v) is 12.0. The normalized spacial score (nSPS) is 29.6. The van der Waals surface area contributed by atoms with E-state index in [0.717, 1.165) is 19.3 Å². The number of imide groups is 1. The zero-order chi connectivity index (χ0) is 14.9. The minimum Gasteiger partial charge on any atom is -0.376 e. The average Bonchev–Trinajstić information content (AvgIpc) is 2.74. The molecular formula is C15H19N3O3. The quantitative estimate of drug-likeness (QED) is 0.854. The molecule has 1 N–H and O–H groups in total. The molecule has 0 unspecified atom stereocenters. The lowest BCUT2D eigenvalue weighted by Gasteiger charge is -2.26. The number of amides is 3. The first-order chi connectivity index (χ1) is 10.1. The molecule has 1 aromatic rings. The standard InChI is InChI=1S/C15H19N3O3/c1-15(12-7-2-4-8-16-12)13(19)18(14(20)17-15)10-11-6-3-5-9-21-11/h2,4,7-8,11H,3,5-6,9-10H2,1H3,(H,17,20)/t11-,15+/m1/s1. The van der Waals surface area contributed by atoms with Gasteiger partial charge in [-0.05, 0) is 38.3 Å². The van der Waals surface area contributed by atoms with Crippen LogP contribution in [0.2, 0.25) is 0 Å². The summed E-state index contributed by atoms with van der Waals surface area (Å²) in [4.78, 5) is 30.3. The smallest absolute Gasteiger partial charge is 0.325 e. The van der Waals surface area contributed by atoms with Crippen LogP contribution in [-0.2, 0) is 15.1 Å². The molecule has 6 heteroatoms. The lowest BCUT2D eigenvalue weighted by Crippen LogP contribution is -2.43. The Morgan fingerprint density at radius 1 is 1.43 bits per heavy atom. The van der Waals surface area contributed by atoms with E-state index >= 15 is 0 Å². The van der Waals surface area contributed by atoms with Gasteiger partial charge in [-0.1, -0.05) is 6.07 Å². The van der Waals surface area contributed by atoms with E-state index in [-0.39, 0.29) is 18.0 Å². The monoisotopic (exact) mass is 289 g/mol. The number of nitrogens with zero attached hydrogens (tertiary/aromatic N) is 2. The predicted molar refractivity (Wildman–Crippen MR) is 75.4 cm³/mol. The van der Waals surface area contributed by atoms with Crippen molar-refractivity contribution in [3.8, 4) is 0 Å². The topological polar surface area (TPSA) is 71.5 Å². The molecule has 2 aliphatic rings. The Morgan fingerprint density at radius 2 is 2.29 bits per heavy atom. The molecule has 21 heavy (non-hydrogen) atoms. The van der Waals surface area contributed by atoms with Crippen LogP contribution in [0, 0.1) is 0 Å². The second-order valence-electron chi connectivity index (χ2n) is 5.67. The van der Waals surface area contributed by atoms with Gasteiger partial charge in [-0.3, -0.25) is 14.7 Å². The van der Waals surface area contributed by atoms with Gasteiger partial charge in [0.15, 0.2) is 5.54 Å². The van der Waals surface area contributed by atoms with Crippen molar-refractivity contribution < 1.29 is 14.3 Å². The SMILES string of the molecule is C[C@@]1(c2ccccn2)NC(=O)N(C[C@H]2CCCCO2)C1=O. The lowest BCUT2D eigenvalue weighted by molar-refractivity contribution is -0.133. The minimum absolute atomic E-state index is 0.0560. The second kappa shape index (κ2) is 5.44. The number of hydrogen-bond donors (Lipinski definition) is 1. The number of carbonyl (C=O) groups excluding carboxylic acids is 2. The van der Waals surface area contributed by atoms with Crippen molar-refractivity contribution in [1.82, 2.24) is 15.2 Å². The fourth-order valence-electron chi connectivity index (χ4n) is 2.85. The third-order valence-corrected chi connectivity index (χ3v) is 4.11. The summed E-state index contributed by atoms with van der Waals surface area (Å²) in [6.45, 7) is 2.70. The highest BCUT2D eigenvalue weighted by molar-refractivity contribution is 6.07. The molecule has 2 saturated heterocycles. The van der Waals surface area contributed by atoms with Crippen LogP contribution in [0.4, 0.5) is 4.79 Å². The highest BCUT2D eigenvalue weighted by atomic mass is 16.5. The van der Waals surface area contributed by atoms with E-state index < -0.39 is 5.54 Å². The molecule has 6 nitrogen and oxygen atoms in total. The summed E-state index contributed by atoms with van der Waals surface area (Å²) >= 11 is 0. The number of nitrogens with one attached hydrogen (secondary N) is 1. The maximum Gasteiger partial charge on any atom is 0.325 e. The third kappa shape index (κ3) is 2.51. The fourth-order valence-corrected chi connectivity index (χ4v) is 2.85. The van der Waals surface area contributed by atoms with Crippen LogP contribution in [0.15, 0.2) is 24.4 Å². The molecule has 3 rings (SSSR count). The van der Waals surface area contributed by atoms with Crippen LogP contribution >= 0.6 is 0 Å². The molecule has 2 atom stereocenters. The number of hydrogen-bond acceptors (Lipinski definition) is 4. The average molecular weight is 289 g/mol. The maximum atomic E-state index is 12.7. The number of urea groups is 1. The Morgan fingerprint density at radius 3 is 2.95 bits per heavy atom. The van der Waals surface area contributed by atoms with Crippen LogP contribution < -0.4 is 5.32 Å². The molecule has 2 aliphatic heterocycles. The van der Waals surface area contributed by atoms with E-state index in [1.54, 1.807) is 31.3 Å². The van der Waals surface area contributed by atoms with Gasteiger partial charge in [0.25, 0.3) is 5.91 Å². The first-order valence-electron chi connectivity index (χ1n) is 7.28. The van der Waals surface area contributed by atoms with Gasteiger partial charge in [0.1, 0.15) is 0 Å². The Bertz CT molecular complexity index is 542. The fraction of sp³-hybridized carbons (Fsp3) is 0.533. The Labute approximate surface area is 123 Å². The van der Waals surface area contributed by atoms with Crippen molar-refractivity contribution in [2.24, 2.45) is 0 Å². The molecule has 1 aromatic heterocycles. The molecule has 0 saturated carbocycles. The van der Waals surface area contributed by atoms with E-state index in [1.807, 2.05) is 0 Å². The van der Waals surface area contributed by atoms with Gasteiger partial charge < -0.3 is 10.1 Å². The summed E-state index contributed by atoms with van der Waals surface area (Å²) in [6.07, 6.45) is 4.57. The highest BCUT2D eigenvalue weighted by Crippen LogP contribution is 2.28. The van der Waals surface area contributed by atoms with Crippen LogP contribution in [0.1, 0.15) is 31.9 Å². The van der Waals surface area contributed by atoms with Crippen molar-refractivity contribution in [2.45, 2.75) is 37.8 Å². The zero-order valence-electron chi connectivity index (χ0n) is 12.0. The van der Waals surface area contributed by atoms with Gasteiger partial charge in [0.2, 0.25) is 0 Å². The van der Waals surface area contributed by atoms with Crippen molar-refractivity contribution in [2.75, 3.05) is 13.2 Å². The summed E-state index contributed by atoms with van der Waals surface area (Å²) in [7, 11) is 0. The van der Waals surface area contributed by atoms with E-state index in [4.69, 9.17) is 4.74 Å². The number of pyridine rings is 1. The van der Waals surface area contributed by atoms with Gasteiger partial charge in [-0.15, -0.1) is 0 Å². The van der Waals surface area contributed by atoms with E-state index in [9.17, 15) is 9.59 Å². The summed E-state index contributed by atoms with van der Waals surface area (Å²) in [5.74, 6) is -0.264. The number of ether oxygens (including phenoxy) is 1. The number of carbonyl (C=O) groups is 2. The Balaban J connectivity index is 1.78. The van der Waals surface area contributed by atoms with Gasteiger partial charge in [0.05, 0.1) is 18.3 Å². The molecule has 0 bridgehead atoms. The molecule has 0 spiro atoms. The molecular weight excluding hydrogens is 270 g/mol. The lowest BCUT2D eigenvalue weighted by atomic mass is 9.97. The van der Waals surface area contributed by atoms with Crippen molar-refractivity contribution in [3.05, 3.63) is 30.1 Å². The molecule has 112 valence electrons. The first-order valence-corrected chi connectivity index (χ1v) is 7.28. The molecule has 0 aromatic carbocycles. The van der Waals surface area contributed by atoms with Gasteiger partial charge >= 0.3 is 6.03 Å². The van der Waals surface area contributed by atoms with E-state index in [2.05, 4.69) is 10.3 Å². The van der Waals surface area contributed by atoms with Crippen LogP contribution in [-0.4, -0.2) is 41.1 Å². The number of rotatable bonds is 3. The molecule has 3 amide bonds. The summed E-state index contributed by atoms with van der Waals surface area (Å²) in [6, 6.07) is 4.96. The van der Waals surface area contributed by atoms with Gasteiger partial charge in [0, 0.05) is 12.8 Å². The van der Waals surface area contributed by atoms with Crippen molar-refractivity contribution in [1.29, 1.82) is 0 Å². The largest absolute Gasteiger partial charge is 0.376 e. The summed E-state index contributed by atoms with van der Waals surface area (Å²) in [5.41, 5.74) is -0.539. The molecule has 0 aliphatic carbocycles. The summed E-state index contributed by atoms with van der Waals surface area (Å²) in [5, 5.41) is 2.76. The van der Waals surface area contributed by atoms with Crippen LogP contribution in [0.5, 0.6) is 0 Å². The molecule has 0 radical (unpaired) electrons. The second-order valence-corrected chi connectivity index (χ2v) is 5.67. The number of aromatic nitrogens is 1. The van der Waals surface area contributed by atoms with E-state index in [1.165, 1.54) is 4.90 Å². The Kier molecular flexibility index (Phi) is 3.63. The highest BCUT2D eigenvalue weighted by Gasteiger charge is 2.50. The van der Waals surface area contributed by atoms with Crippen molar-refractivity contribution >= 4 is 11.9 Å². The third-order valence-electron chi connectivity index (χ3n) is 4.11. The van der Waals surface area contributed by atoms with Gasteiger partial charge in [-0.25, -0.2) is 4.79 Å². The van der Waals surface area contributed by atoms with Crippen molar-refractivity contribution in [3.63, 3.8) is 0 Å². The summed E-state index contributed by atoms with van der Waals surface area (Å²) < 4.78 is 5.62. The minimum atomic E-state index is -1.09. The molecule has 2 fully saturated rings. The first kappa shape index (κ1) is 14.0. The van der Waals surface area contributed by atoms with Crippen LogP contribution in [0.3, 0.4) is 0 Å².